The van der Waals surface area contributed by atoms with E-state index in [9.17, 15) is 8.42 Å². The van der Waals surface area contributed by atoms with Crippen LogP contribution >= 0.6 is 22.9 Å². The average Bonchev–Trinajstić information content (AvgIpc) is 2.90. The highest BCUT2D eigenvalue weighted by Crippen LogP contribution is 2.29. The first-order chi connectivity index (χ1) is 8.49. The molecular formula is C10H12ClN3O2S2. The van der Waals surface area contributed by atoms with Crippen LogP contribution in [-0.2, 0) is 16.4 Å². The van der Waals surface area contributed by atoms with Gasteiger partial charge in [0.1, 0.15) is 4.21 Å². The van der Waals surface area contributed by atoms with Gasteiger partial charge in [-0.1, -0.05) is 11.6 Å². The molecule has 2 aromatic rings. The van der Waals surface area contributed by atoms with E-state index in [0.717, 1.165) is 22.6 Å². The minimum absolute atomic E-state index is 0.245. The summed E-state index contributed by atoms with van der Waals surface area (Å²) in [5, 5.41) is 0. The summed E-state index contributed by atoms with van der Waals surface area (Å²) in [6.45, 7) is 2.10. The topological polar surface area (TPSA) is 74.8 Å². The molecular weight excluding hydrogens is 294 g/mol. The van der Waals surface area contributed by atoms with Gasteiger partial charge < -0.3 is 4.98 Å². The fourth-order valence-corrected chi connectivity index (χ4v) is 4.16. The average molecular weight is 306 g/mol. The second-order valence-electron chi connectivity index (χ2n) is 3.75. The van der Waals surface area contributed by atoms with Crippen LogP contribution in [0.4, 0.5) is 0 Å². The molecule has 0 aliphatic rings. The number of aryl methyl sites for hydroxylation is 1. The van der Waals surface area contributed by atoms with E-state index < -0.39 is 10.0 Å². The molecule has 2 heterocycles. The third-order valence-corrected chi connectivity index (χ3v) is 5.83. The Bertz CT molecular complexity index is 600. The highest BCUT2D eigenvalue weighted by atomic mass is 35.5. The van der Waals surface area contributed by atoms with Crippen LogP contribution in [0.3, 0.4) is 0 Å². The summed E-state index contributed by atoms with van der Waals surface area (Å²) in [7, 11) is -3.47. The smallest absolute Gasteiger partial charge is 0.250 e. The summed E-state index contributed by atoms with van der Waals surface area (Å²) in [6, 6.07) is 1.57. The lowest BCUT2D eigenvalue weighted by molar-refractivity contribution is 0.583. The molecule has 0 saturated carbocycles. The van der Waals surface area contributed by atoms with Gasteiger partial charge in [0.25, 0.3) is 0 Å². The number of nitrogens with zero attached hydrogens (tertiary/aromatic N) is 1. The molecule has 0 amide bonds. The highest BCUT2D eigenvalue weighted by Gasteiger charge is 2.17. The molecule has 0 aliphatic heterocycles. The summed E-state index contributed by atoms with van der Waals surface area (Å²) in [6.07, 6.45) is 3.80. The zero-order chi connectivity index (χ0) is 13.2. The monoisotopic (exact) mass is 305 g/mol. The molecule has 0 fully saturated rings. The maximum absolute atomic E-state index is 11.9. The first-order valence-corrected chi connectivity index (χ1v) is 7.89. The lowest BCUT2D eigenvalue weighted by Crippen LogP contribution is -2.25. The lowest BCUT2D eigenvalue weighted by atomic mass is 10.3. The third kappa shape index (κ3) is 3.11. The van der Waals surface area contributed by atoms with Gasteiger partial charge in [0.05, 0.1) is 10.7 Å². The van der Waals surface area contributed by atoms with E-state index in [1.54, 1.807) is 25.5 Å². The Morgan fingerprint density at radius 2 is 2.33 bits per heavy atom. The number of hydrogen-bond donors (Lipinski definition) is 2. The van der Waals surface area contributed by atoms with E-state index in [2.05, 4.69) is 14.7 Å². The first kappa shape index (κ1) is 13.5. The Morgan fingerprint density at radius 1 is 1.56 bits per heavy atom. The number of aromatic amines is 1. The fourth-order valence-electron chi connectivity index (χ4n) is 1.38. The van der Waals surface area contributed by atoms with E-state index in [-0.39, 0.29) is 4.21 Å². The molecule has 2 aromatic heterocycles. The molecule has 98 valence electrons. The van der Waals surface area contributed by atoms with Crippen molar-refractivity contribution in [3.05, 3.63) is 34.2 Å². The zero-order valence-corrected chi connectivity index (χ0v) is 12.0. The van der Waals surface area contributed by atoms with Crippen molar-refractivity contribution in [1.29, 1.82) is 0 Å². The molecule has 0 bridgehead atoms. The second kappa shape index (κ2) is 5.40. The van der Waals surface area contributed by atoms with Crippen LogP contribution < -0.4 is 4.72 Å². The number of H-pyrrole nitrogens is 1. The summed E-state index contributed by atoms with van der Waals surface area (Å²) in [4.78, 5) is 6.77. The van der Waals surface area contributed by atoms with E-state index >= 15 is 0 Å². The van der Waals surface area contributed by atoms with E-state index in [4.69, 9.17) is 11.6 Å². The molecule has 5 nitrogen and oxygen atoms in total. The second-order valence-corrected chi connectivity index (χ2v) is 7.39. The van der Waals surface area contributed by atoms with Crippen LogP contribution in [0, 0.1) is 6.92 Å². The van der Waals surface area contributed by atoms with E-state index in [1.165, 1.54) is 0 Å². The van der Waals surface area contributed by atoms with Crippen LogP contribution in [-0.4, -0.2) is 24.9 Å². The fraction of sp³-hybridized carbons (Fsp3) is 0.300. The number of rotatable bonds is 5. The SMILES string of the molecule is Cc1cc(S(=O)(=O)NCCc2cnc[nH]2)sc1Cl. The van der Waals surface area contributed by atoms with Crippen molar-refractivity contribution in [2.75, 3.05) is 6.54 Å². The molecule has 0 aliphatic carbocycles. The van der Waals surface area contributed by atoms with Gasteiger partial charge in [-0.3, -0.25) is 0 Å². The minimum Gasteiger partial charge on any atom is -0.348 e. The van der Waals surface area contributed by atoms with Crippen molar-refractivity contribution in [2.45, 2.75) is 17.6 Å². The van der Waals surface area contributed by atoms with Crippen molar-refractivity contribution in [2.24, 2.45) is 0 Å². The van der Waals surface area contributed by atoms with Crippen LogP contribution in [0.25, 0.3) is 0 Å². The van der Waals surface area contributed by atoms with Crippen LogP contribution in [0.5, 0.6) is 0 Å². The number of thiophene rings is 1. The highest BCUT2D eigenvalue weighted by molar-refractivity contribution is 7.91. The van der Waals surface area contributed by atoms with Crippen LogP contribution in [0.15, 0.2) is 22.8 Å². The number of sulfonamides is 1. The standard InChI is InChI=1S/C10H12ClN3O2S2/c1-7-4-9(17-10(7)11)18(15,16)14-3-2-8-5-12-6-13-8/h4-6,14H,2-3H2,1H3,(H,12,13). The van der Waals surface area contributed by atoms with Crippen molar-refractivity contribution < 1.29 is 8.42 Å². The minimum atomic E-state index is -3.47. The number of nitrogens with one attached hydrogen (secondary N) is 2. The molecule has 0 atom stereocenters. The third-order valence-electron chi connectivity index (χ3n) is 2.34. The van der Waals surface area contributed by atoms with Gasteiger partial charge in [-0.25, -0.2) is 18.1 Å². The molecule has 0 radical (unpaired) electrons. The number of imidazole rings is 1. The Balaban J connectivity index is 1.99. The van der Waals surface area contributed by atoms with Gasteiger partial charge in [-0.15, -0.1) is 11.3 Å². The van der Waals surface area contributed by atoms with Crippen molar-refractivity contribution in [3.8, 4) is 0 Å². The Kier molecular flexibility index (Phi) is 4.06. The van der Waals surface area contributed by atoms with Gasteiger partial charge in [0.2, 0.25) is 10.0 Å². The zero-order valence-electron chi connectivity index (χ0n) is 9.60. The van der Waals surface area contributed by atoms with Gasteiger partial charge in [-0.2, -0.15) is 0 Å². The number of halogens is 1. The van der Waals surface area contributed by atoms with Crippen molar-refractivity contribution in [3.63, 3.8) is 0 Å². The molecule has 0 saturated heterocycles. The quantitative estimate of drug-likeness (QED) is 0.886. The Labute approximate surface area is 114 Å². The Hall–Kier alpha value is -0.890. The predicted octanol–water partition coefficient (Wildman–Crippen LogP) is 1.95. The van der Waals surface area contributed by atoms with Gasteiger partial charge in [0, 0.05) is 24.9 Å². The molecule has 0 aromatic carbocycles. The van der Waals surface area contributed by atoms with Gasteiger partial charge in [0.15, 0.2) is 0 Å². The molecule has 0 spiro atoms. The van der Waals surface area contributed by atoms with Gasteiger partial charge >= 0.3 is 0 Å². The maximum atomic E-state index is 11.9. The molecule has 0 unspecified atom stereocenters. The van der Waals surface area contributed by atoms with Crippen LogP contribution in [0.1, 0.15) is 11.3 Å². The number of aromatic nitrogens is 2. The lowest BCUT2D eigenvalue weighted by Gasteiger charge is -2.03. The van der Waals surface area contributed by atoms with Crippen LogP contribution in [0.2, 0.25) is 4.34 Å². The normalized spacial score (nSPS) is 11.9. The predicted molar refractivity (Wildman–Crippen MR) is 71.5 cm³/mol. The Morgan fingerprint density at radius 3 is 2.89 bits per heavy atom. The van der Waals surface area contributed by atoms with Crippen molar-refractivity contribution >= 4 is 33.0 Å². The molecule has 8 heteroatoms. The summed E-state index contributed by atoms with van der Waals surface area (Å²) < 4.78 is 27.2. The van der Waals surface area contributed by atoms with Gasteiger partial charge in [-0.05, 0) is 18.6 Å². The van der Waals surface area contributed by atoms with Crippen molar-refractivity contribution in [1.82, 2.24) is 14.7 Å². The molecule has 18 heavy (non-hydrogen) atoms. The number of hydrogen-bond acceptors (Lipinski definition) is 4. The summed E-state index contributed by atoms with van der Waals surface area (Å²) in [5.41, 5.74) is 1.66. The summed E-state index contributed by atoms with van der Waals surface area (Å²) >= 11 is 6.93. The largest absolute Gasteiger partial charge is 0.348 e. The van der Waals surface area contributed by atoms with E-state index in [0.29, 0.717) is 17.3 Å². The van der Waals surface area contributed by atoms with E-state index in [1.807, 2.05) is 0 Å². The first-order valence-electron chi connectivity index (χ1n) is 5.22. The maximum Gasteiger partial charge on any atom is 0.250 e. The molecule has 2 rings (SSSR count). The summed E-state index contributed by atoms with van der Waals surface area (Å²) in [5.74, 6) is 0. The molecule has 2 N–H and O–H groups in total.